The summed E-state index contributed by atoms with van der Waals surface area (Å²) in [5, 5.41) is 3.05. The van der Waals surface area contributed by atoms with E-state index in [-0.39, 0.29) is 12.1 Å². The second kappa shape index (κ2) is 6.95. The fraction of sp³-hybridized carbons (Fsp3) is 0.364. The Hall–Kier alpha value is -2.86. The van der Waals surface area contributed by atoms with E-state index in [1.54, 1.807) is 0 Å². The molecule has 3 aromatic rings. The zero-order valence-corrected chi connectivity index (χ0v) is 15.8. The molecule has 0 spiro atoms. The van der Waals surface area contributed by atoms with Gasteiger partial charge in [0.25, 0.3) is 0 Å². The van der Waals surface area contributed by atoms with Crippen LogP contribution in [0.3, 0.4) is 0 Å². The number of hydrogen-bond acceptors (Lipinski definition) is 4. The molecule has 6 heteroatoms. The molecule has 3 heterocycles. The topological polar surface area (TPSA) is 67.6 Å². The molecular weight excluding hydrogens is 354 g/mol. The third kappa shape index (κ3) is 3.03. The quantitative estimate of drug-likeness (QED) is 0.728. The summed E-state index contributed by atoms with van der Waals surface area (Å²) in [6.07, 6.45) is 0.878. The van der Waals surface area contributed by atoms with Gasteiger partial charge in [-0.1, -0.05) is 30.3 Å². The third-order valence-corrected chi connectivity index (χ3v) is 5.91. The van der Waals surface area contributed by atoms with E-state index in [0.717, 1.165) is 23.2 Å². The Kier molecular flexibility index (Phi) is 4.28. The molecule has 2 fully saturated rings. The van der Waals surface area contributed by atoms with Crippen LogP contribution in [0.25, 0.3) is 11.1 Å². The van der Waals surface area contributed by atoms with Crippen molar-refractivity contribution in [2.45, 2.75) is 25.3 Å². The van der Waals surface area contributed by atoms with E-state index in [2.05, 4.69) is 34.6 Å². The SMILES string of the molecule is Cc1nc2cc(NC(=O)N3CC(c4ccccc4)C4COCCC43)ccc2o1. The molecule has 2 saturated heterocycles. The first-order valence-electron chi connectivity index (χ1n) is 9.76. The highest BCUT2D eigenvalue weighted by Gasteiger charge is 2.45. The number of carbonyl (C=O) groups is 1. The number of carbonyl (C=O) groups excluding carboxylic acids is 1. The van der Waals surface area contributed by atoms with Gasteiger partial charge in [0.2, 0.25) is 0 Å². The number of nitrogens with zero attached hydrogens (tertiary/aromatic N) is 2. The number of hydrogen-bond donors (Lipinski definition) is 1. The number of anilines is 1. The number of ether oxygens (including phenoxy) is 1. The van der Waals surface area contributed by atoms with Crippen molar-refractivity contribution in [3.05, 3.63) is 60.0 Å². The Labute approximate surface area is 163 Å². The molecule has 3 unspecified atom stereocenters. The average Bonchev–Trinajstić information content (AvgIpc) is 3.28. The maximum Gasteiger partial charge on any atom is 0.322 e. The van der Waals surface area contributed by atoms with Crippen LogP contribution < -0.4 is 5.32 Å². The number of rotatable bonds is 2. The molecule has 1 aromatic heterocycles. The Morgan fingerprint density at radius 1 is 1.21 bits per heavy atom. The first kappa shape index (κ1) is 17.3. The van der Waals surface area contributed by atoms with Crippen molar-refractivity contribution in [1.29, 1.82) is 0 Å². The van der Waals surface area contributed by atoms with Crippen molar-refractivity contribution in [1.82, 2.24) is 9.88 Å². The van der Waals surface area contributed by atoms with Crippen LogP contribution in [-0.2, 0) is 4.74 Å². The molecule has 6 nitrogen and oxygen atoms in total. The first-order valence-corrected chi connectivity index (χ1v) is 9.76. The lowest BCUT2D eigenvalue weighted by molar-refractivity contribution is 0.0272. The monoisotopic (exact) mass is 377 g/mol. The first-order chi connectivity index (χ1) is 13.7. The summed E-state index contributed by atoms with van der Waals surface area (Å²) in [4.78, 5) is 19.5. The summed E-state index contributed by atoms with van der Waals surface area (Å²) < 4.78 is 11.3. The summed E-state index contributed by atoms with van der Waals surface area (Å²) in [5.74, 6) is 1.26. The van der Waals surface area contributed by atoms with Gasteiger partial charge in [0.05, 0.1) is 6.61 Å². The summed E-state index contributed by atoms with van der Waals surface area (Å²) in [5.41, 5.74) is 3.49. The van der Waals surface area contributed by atoms with Crippen molar-refractivity contribution in [2.24, 2.45) is 5.92 Å². The third-order valence-electron chi connectivity index (χ3n) is 5.91. The van der Waals surface area contributed by atoms with Gasteiger partial charge in [-0.15, -0.1) is 0 Å². The highest BCUT2D eigenvalue weighted by atomic mass is 16.5. The molecule has 2 aromatic carbocycles. The molecule has 2 aliphatic heterocycles. The lowest BCUT2D eigenvalue weighted by Crippen LogP contribution is -2.43. The van der Waals surface area contributed by atoms with E-state index in [4.69, 9.17) is 9.15 Å². The molecule has 0 radical (unpaired) electrons. The molecule has 5 rings (SSSR count). The Morgan fingerprint density at radius 2 is 2.07 bits per heavy atom. The van der Waals surface area contributed by atoms with Crippen molar-refractivity contribution in [3.8, 4) is 0 Å². The largest absolute Gasteiger partial charge is 0.441 e. The fourth-order valence-electron chi connectivity index (χ4n) is 4.60. The number of benzene rings is 2. The number of aromatic nitrogens is 1. The number of fused-ring (bicyclic) bond motifs is 2. The minimum Gasteiger partial charge on any atom is -0.441 e. The van der Waals surface area contributed by atoms with Crippen molar-refractivity contribution in [2.75, 3.05) is 25.1 Å². The van der Waals surface area contributed by atoms with Gasteiger partial charge in [0.1, 0.15) is 5.52 Å². The van der Waals surface area contributed by atoms with Crippen LogP contribution >= 0.6 is 0 Å². The van der Waals surface area contributed by atoms with Gasteiger partial charge in [0.15, 0.2) is 11.5 Å². The fourth-order valence-corrected chi connectivity index (χ4v) is 4.60. The molecule has 0 bridgehead atoms. The lowest BCUT2D eigenvalue weighted by Gasteiger charge is -2.32. The van der Waals surface area contributed by atoms with E-state index in [0.29, 0.717) is 37.5 Å². The molecule has 2 amide bonds. The van der Waals surface area contributed by atoms with Crippen LogP contribution in [0.15, 0.2) is 52.9 Å². The summed E-state index contributed by atoms with van der Waals surface area (Å²) in [7, 11) is 0. The van der Waals surface area contributed by atoms with Gasteiger partial charge in [0, 0.05) is 43.6 Å². The van der Waals surface area contributed by atoms with Gasteiger partial charge in [-0.25, -0.2) is 9.78 Å². The zero-order valence-electron chi connectivity index (χ0n) is 15.8. The molecule has 0 aliphatic carbocycles. The molecule has 3 atom stereocenters. The number of urea groups is 1. The van der Waals surface area contributed by atoms with Crippen LogP contribution in [0, 0.1) is 12.8 Å². The van der Waals surface area contributed by atoms with E-state index in [9.17, 15) is 4.79 Å². The number of amides is 2. The van der Waals surface area contributed by atoms with E-state index < -0.39 is 0 Å². The van der Waals surface area contributed by atoms with Gasteiger partial charge >= 0.3 is 6.03 Å². The second-order valence-corrected chi connectivity index (χ2v) is 7.61. The molecule has 0 saturated carbocycles. The van der Waals surface area contributed by atoms with Gasteiger partial charge in [-0.05, 0) is 30.2 Å². The highest BCUT2D eigenvalue weighted by molar-refractivity contribution is 5.92. The molecular formula is C22H23N3O3. The minimum atomic E-state index is -0.0603. The lowest BCUT2D eigenvalue weighted by atomic mass is 9.84. The standard InChI is InChI=1S/C22H23N3O3/c1-14-23-19-11-16(7-8-21(19)28-14)24-22(26)25-12-17(15-5-3-2-4-6-15)18-13-27-10-9-20(18)25/h2-8,11,17-18,20H,9-10,12-13H2,1H3,(H,24,26). The van der Waals surface area contributed by atoms with Gasteiger partial charge < -0.3 is 19.4 Å². The summed E-state index contributed by atoms with van der Waals surface area (Å²) in [6.45, 7) is 3.94. The van der Waals surface area contributed by atoms with E-state index in [1.165, 1.54) is 5.56 Å². The van der Waals surface area contributed by atoms with Crippen LogP contribution in [-0.4, -0.2) is 41.7 Å². The smallest absolute Gasteiger partial charge is 0.322 e. The highest BCUT2D eigenvalue weighted by Crippen LogP contribution is 2.41. The number of oxazole rings is 1. The van der Waals surface area contributed by atoms with Gasteiger partial charge in [-0.2, -0.15) is 0 Å². The molecule has 2 aliphatic rings. The van der Waals surface area contributed by atoms with Crippen molar-refractivity contribution in [3.63, 3.8) is 0 Å². The van der Waals surface area contributed by atoms with Crippen LogP contribution in [0.1, 0.15) is 23.8 Å². The van der Waals surface area contributed by atoms with Crippen LogP contribution in [0.4, 0.5) is 10.5 Å². The Bertz CT molecular complexity index is 1000. The van der Waals surface area contributed by atoms with Gasteiger partial charge in [-0.3, -0.25) is 0 Å². The predicted octanol–water partition coefficient (Wildman–Crippen LogP) is 4.17. The van der Waals surface area contributed by atoms with E-state index in [1.807, 2.05) is 36.1 Å². The maximum atomic E-state index is 13.1. The predicted molar refractivity (Wildman–Crippen MR) is 106 cm³/mol. The molecule has 28 heavy (non-hydrogen) atoms. The Balaban J connectivity index is 1.38. The molecule has 144 valence electrons. The number of nitrogens with one attached hydrogen (secondary N) is 1. The van der Waals surface area contributed by atoms with Crippen LogP contribution in [0.5, 0.6) is 0 Å². The van der Waals surface area contributed by atoms with Crippen molar-refractivity contribution < 1.29 is 13.9 Å². The maximum absolute atomic E-state index is 13.1. The summed E-state index contributed by atoms with van der Waals surface area (Å²) in [6, 6.07) is 16.2. The van der Waals surface area contributed by atoms with E-state index >= 15 is 0 Å². The Morgan fingerprint density at radius 3 is 2.93 bits per heavy atom. The normalized spacial score (nSPS) is 24.3. The number of likely N-dealkylation sites (tertiary alicyclic amines) is 1. The molecule has 1 N–H and O–H groups in total. The van der Waals surface area contributed by atoms with Crippen LogP contribution in [0.2, 0.25) is 0 Å². The average molecular weight is 377 g/mol. The summed E-state index contributed by atoms with van der Waals surface area (Å²) >= 11 is 0. The van der Waals surface area contributed by atoms with Crippen molar-refractivity contribution >= 4 is 22.8 Å². The zero-order chi connectivity index (χ0) is 19.1. The second-order valence-electron chi connectivity index (χ2n) is 7.61. The minimum absolute atomic E-state index is 0.0603. The number of aryl methyl sites for hydroxylation is 1.